The highest BCUT2D eigenvalue weighted by Crippen LogP contribution is 2.23. The molecule has 112 valence electrons. The number of aromatic nitrogens is 3. The molecule has 0 unspecified atom stereocenters. The van der Waals surface area contributed by atoms with Crippen molar-refractivity contribution < 1.29 is 9.53 Å². The van der Waals surface area contributed by atoms with Crippen LogP contribution in [0, 0.1) is 0 Å². The molecule has 0 amide bonds. The molecular weight excluding hydrogens is 270 g/mol. The van der Waals surface area contributed by atoms with Crippen molar-refractivity contribution in [3.8, 4) is 0 Å². The van der Waals surface area contributed by atoms with Crippen molar-refractivity contribution in [2.24, 2.45) is 7.05 Å². The smallest absolute Gasteiger partial charge is 0.340 e. The Balaban J connectivity index is 2.00. The Hall–Kier alpha value is -2.57. The van der Waals surface area contributed by atoms with Gasteiger partial charge < -0.3 is 15.8 Å². The number of ether oxygens (including phenoxy) is 1. The zero-order valence-corrected chi connectivity index (χ0v) is 12.2. The molecule has 0 radical (unpaired) electrons. The van der Waals surface area contributed by atoms with Crippen molar-refractivity contribution in [2.45, 2.75) is 13.3 Å². The Bertz CT molecular complexity index is 624. The molecule has 7 nitrogen and oxygen atoms in total. The summed E-state index contributed by atoms with van der Waals surface area (Å²) in [5.41, 5.74) is 7.47. The number of nitrogens with two attached hydrogens (primary N) is 1. The van der Waals surface area contributed by atoms with Gasteiger partial charge in [0.25, 0.3) is 0 Å². The number of anilines is 2. The van der Waals surface area contributed by atoms with E-state index < -0.39 is 5.97 Å². The van der Waals surface area contributed by atoms with E-state index >= 15 is 0 Å². The third-order valence-corrected chi connectivity index (χ3v) is 2.91. The average Bonchev–Trinajstić information content (AvgIpc) is 2.86. The van der Waals surface area contributed by atoms with Crippen LogP contribution in [0.2, 0.25) is 0 Å². The molecule has 0 aliphatic rings. The largest absolute Gasteiger partial charge is 0.462 e. The van der Waals surface area contributed by atoms with Gasteiger partial charge in [-0.25, -0.2) is 9.78 Å². The predicted octanol–water partition coefficient (Wildman–Crippen LogP) is 1.23. The summed E-state index contributed by atoms with van der Waals surface area (Å²) < 4.78 is 6.63. The number of nitrogen functional groups attached to an aromatic ring is 1. The van der Waals surface area contributed by atoms with Crippen molar-refractivity contribution in [3.05, 3.63) is 35.9 Å². The molecule has 2 aromatic rings. The van der Waals surface area contributed by atoms with Gasteiger partial charge in [0.15, 0.2) is 5.82 Å². The van der Waals surface area contributed by atoms with Crippen molar-refractivity contribution in [2.75, 3.05) is 24.2 Å². The minimum absolute atomic E-state index is 0.321. The average molecular weight is 289 g/mol. The van der Waals surface area contributed by atoms with Gasteiger partial charge in [-0.05, 0) is 19.1 Å². The Kier molecular flexibility index (Phi) is 4.76. The Morgan fingerprint density at radius 2 is 2.29 bits per heavy atom. The van der Waals surface area contributed by atoms with E-state index in [-0.39, 0.29) is 0 Å². The minimum atomic E-state index is -0.412. The van der Waals surface area contributed by atoms with Crippen LogP contribution in [0.5, 0.6) is 0 Å². The first-order valence-electron chi connectivity index (χ1n) is 6.75. The van der Waals surface area contributed by atoms with E-state index in [1.54, 1.807) is 30.1 Å². The van der Waals surface area contributed by atoms with Crippen LogP contribution in [-0.4, -0.2) is 33.9 Å². The fourth-order valence-electron chi connectivity index (χ4n) is 1.91. The molecule has 0 bridgehead atoms. The van der Waals surface area contributed by atoms with E-state index in [0.29, 0.717) is 36.5 Å². The first-order chi connectivity index (χ1) is 10.1. The fraction of sp³-hybridized carbons (Fsp3) is 0.357. The molecule has 0 saturated heterocycles. The number of hydrogen-bond acceptors (Lipinski definition) is 6. The lowest BCUT2D eigenvalue weighted by molar-refractivity contribution is 0.0527. The Morgan fingerprint density at radius 3 is 2.95 bits per heavy atom. The number of nitrogens with one attached hydrogen (secondary N) is 1. The van der Waals surface area contributed by atoms with Crippen molar-refractivity contribution in [3.63, 3.8) is 0 Å². The van der Waals surface area contributed by atoms with Crippen molar-refractivity contribution in [1.29, 1.82) is 0 Å². The molecule has 21 heavy (non-hydrogen) atoms. The lowest BCUT2D eigenvalue weighted by Crippen LogP contribution is -2.12. The summed E-state index contributed by atoms with van der Waals surface area (Å²) in [6.45, 7) is 2.71. The summed E-state index contributed by atoms with van der Waals surface area (Å²) in [5, 5.41) is 7.38. The molecule has 1 aromatic heterocycles. The second-order valence-corrected chi connectivity index (χ2v) is 4.50. The summed E-state index contributed by atoms with van der Waals surface area (Å²) in [6.07, 6.45) is 2.33. The summed E-state index contributed by atoms with van der Waals surface area (Å²) in [5.74, 6) is 0.343. The third kappa shape index (κ3) is 3.71. The van der Waals surface area contributed by atoms with Crippen LogP contribution < -0.4 is 11.1 Å². The van der Waals surface area contributed by atoms with E-state index in [9.17, 15) is 4.79 Å². The topological polar surface area (TPSA) is 95.1 Å². The minimum Gasteiger partial charge on any atom is -0.462 e. The molecular formula is C14H19N5O2. The van der Waals surface area contributed by atoms with Gasteiger partial charge in [0, 0.05) is 20.0 Å². The summed E-state index contributed by atoms with van der Waals surface area (Å²) in [4.78, 5) is 15.9. The number of para-hydroxylation sites is 1. The van der Waals surface area contributed by atoms with Crippen LogP contribution in [0.1, 0.15) is 23.1 Å². The van der Waals surface area contributed by atoms with Crippen LogP contribution in [-0.2, 0) is 18.2 Å². The third-order valence-electron chi connectivity index (χ3n) is 2.91. The zero-order chi connectivity index (χ0) is 15.2. The number of rotatable bonds is 6. The number of esters is 1. The van der Waals surface area contributed by atoms with Crippen LogP contribution in [0.15, 0.2) is 24.5 Å². The first kappa shape index (κ1) is 14.8. The maximum atomic E-state index is 11.8. The number of carbonyl (C=O) groups is 1. The number of carbonyl (C=O) groups excluding carboxylic acids is 1. The quantitative estimate of drug-likeness (QED) is 0.613. The Labute approximate surface area is 123 Å². The molecule has 0 spiro atoms. The second kappa shape index (κ2) is 6.74. The summed E-state index contributed by atoms with van der Waals surface area (Å²) in [6, 6.07) is 5.24. The number of benzene rings is 1. The molecule has 2 rings (SSSR count). The molecule has 0 aliphatic heterocycles. The normalized spacial score (nSPS) is 10.4. The maximum Gasteiger partial charge on any atom is 0.340 e. The highest BCUT2D eigenvalue weighted by molar-refractivity contribution is 5.98. The molecule has 0 fully saturated rings. The monoisotopic (exact) mass is 289 g/mol. The van der Waals surface area contributed by atoms with Gasteiger partial charge in [-0.2, -0.15) is 5.10 Å². The van der Waals surface area contributed by atoms with E-state index in [1.807, 2.05) is 13.1 Å². The predicted molar refractivity (Wildman–Crippen MR) is 80.0 cm³/mol. The van der Waals surface area contributed by atoms with Crippen molar-refractivity contribution in [1.82, 2.24) is 14.8 Å². The number of nitrogens with zero attached hydrogens (tertiary/aromatic N) is 3. The van der Waals surface area contributed by atoms with Crippen LogP contribution in [0.25, 0.3) is 0 Å². The maximum absolute atomic E-state index is 11.8. The lowest BCUT2D eigenvalue weighted by Gasteiger charge is -2.11. The van der Waals surface area contributed by atoms with Gasteiger partial charge in [-0.15, -0.1) is 0 Å². The number of hydrogen-bond donors (Lipinski definition) is 2. The van der Waals surface area contributed by atoms with Gasteiger partial charge >= 0.3 is 5.97 Å². The van der Waals surface area contributed by atoms with Gasteiger partial charge in [0.2, 0.25) is 0 Å². The molecule has 1 heterocycles. The van der Waals surface area contributed by atoms with Gasteiger partial charge in [0.05, 0.1) is 23.5 Å². The van der Waals surface area contributed by atoms with Crippen LogP contribution >= 0.6 is 0 Å². The standard InChI is InChI=1S/C14H19N5O2/c1-3-21-14(20)10-5-4-6-11(13(10)15)16-8-7-12-17-9-19(2)18-12/h4-6,9,16H,3,7-8,15H2,1-2H3. The zero-order valence-electron chi connectivity index (χ0n) is 12.2. The highest BCUT2D eigenvalue weighted by Gasteiger charge is 2.13. The highest BCUT2D eigenvalue weighted by atomic mass is 16.5. The van der Waals surface area contributed by atoms with E-state index in [4.69, 9.17) is 10.5 Å². The second-order valence-electron chi connectivity index (χ2n) is 4.50. The lowest BCUT2D eigenvalue weighted by atomic mass is 10.1. The number of aryl methyl sites for hydroxylation is 1. The first-order valence-corrected chi connectivity index (χ1v) is 6.75. The van der Waals surface area contributed by atoms with Gasteiger partial charge in [0.1, 0.15) is 6.33 Å². The van der Waals surface area contributed by atoms with Crippen LogP contribution in [0.3, 0.4) is 0 Å². The molecule has 0 atom stereocenters. The molecule has 1 aromatic carbocycles. The molecule has 3 N–H and O–H groups in total. The SMILES string of the molecule is CCOC(=O)c1cccc(NCCc2ncn(C)n2)c1N. The summed E-state index contributed by atoms with van der Waals surface area (Å²) >= 11 is 0. The van der Waals surface area contributed by atoms with Crippen LogP contribution in [0.4, 0.5) is 11.4 Å². The van der Waals surface area contributed by atoms with Crippen molar-refractivity contribution >= 4 is 17.3 Å². The van der Waals surface area contributed by atoms with E-state index in [1.165, 1.54) is 0 Å². The summed E-state index contributed by atoms with van der Waals surface area (Å²) in [7, 11) is 1.82. The van der Waals surface area contributed by atoms with E-state index in [0.717, 1.165) is 5.82 Å². The fourth-order valence-corrected chi connectivity index (χ4v) is 1.91. The molecule has 0 aliphatic carbocycles. The molecule has 0 saturated carbocycles. The van der Waals surface area contributed by atoms with Gasteiger partial charge in [-0.1, -0.05) is 6.07 Å². The molecule has 7 heteroatoms. The van der Waals surface area contributed by atoms with Gasteiger partial charge in [-0.3, -0.25) is 4.68 Å². The van der Waals surface area contributed by atoms with E-state index in [2.05, 4.69) is 15.4 Å². The Morgan fingerprint density at radius 1 is 1.48 bits per heavy atom.